The molecule has 5 heteroatoms. The third-order valence-electron chi connectivity index (χ3n) is 5.29. The average molecular weight is 343 g/mol. The highest BCUT2D eigenvalue weighted by Gasteiger charge is 2.39. The molecule has 1 atom stereocenters. The SMILES string of the molecule is CN1CCN(C(=O)C2CC(=O)N(c3ccccc3C(C)(C)C)C2)CC1. The van der Waals surface area contributed by atoms with Crippen LogP contribution in [0.4, 0.5) is 5.69 Å². The van der Waals surface area contributed by atoms with Crippen molar-refractivity contribution >= 4 is 17.5 Å². The Labute approximate surface area is 150 Å². The Morgan fingerprint density at radius 1 is 1.08 bits per heavy atom. The van der Waals surface area contributed by atoms with Crippen LogP contribution >= 0.6 is 0 Å². The molecule has 3 rings (SSSR count). The minimum Gasteiger partial charge on any atom is -0.340 e. The summed E-state index contributed by atoms with van der Waals surface area (Å²) in [5.41, 5.74) is 2.06. The number of likely N-dealkylation sites (N-methyl/N-ethyl adjacent to an activating group) is 1. The summed E-state index contributed by atoms with van der Waals surface area (Å²) in [7, 11) is 2.08. The monoisotopic (exact) mass is 343 g/mol. The summed E-state index contributed by atoms with van der Waals surface area (Å²) in [5, 5.41) is 0. The summed E-state index contributed by atoms with van der Waals surface area (Å²) in [6.45, 7) is 10.3. The van der Waals surface area contributed by atoms with Crippen molar-refractivity contribution in [3.8, 4) is 0 Å². The molecule has 0 bridgehead atoms. The van der Waals surface area contributed by atoms with E-state index in [0.29, 0.717) is 13.0 Å². The first-order valence-electron chi connectivity index (χ1n) is 9.14. The van der Waals surface area contributed by atoms with Crippen LogP contribution in [0.3, 0.4) is 0 Å². The molecule has 136 valence electrons. The second-order valence-electron chi connectivity index (χ2n) is 8.30. The number of carbonyl (C=O) groups is 2. The quantitative estimate of drug-likeness (QED) is 0.826. The van der Waals surface area contributed by atoms with Gasteiger partial charge >= 0.3 is 0 Å². The maximum atomic E-state index is 12.8. The van der Waals surface area contributed by atoms with Crippen molar-refractivity contribution in [2.75, 3.05) is 44.7 Å². The molecule has 2 amide bonds. The topological polar surface area (TPSA) is 43.9 Å². The van der Waals surface area contributed by atoms with E-state index < -0.39 is 0 Å². The summed E-state index contributed by atoms with van der Waals surface area (Å²) in [6, 6.07) is 8.06. The number of para-hydroxylation sites is 1. The highest BCUT2D eigenvalue weighted by molar-refractivity contribution is 6.01. The number of hydrogen-bond donors (Lipinski definition) is 0. The van der Waals surface area contributed by atoms with Crippen LogP contribution in [0.25, 0.3) is 0 Å². The molecule has 0 saturated carbocycles. The van der Waals surface area contributed by atoms with Crippen molar-refractivity contribution in [2.45, 2.75) is 32.6 Å². The van der Waals surface area contributed by atoms with Gasteiger partial charge in [-0.2, -0.15) is 0 Å². The molecule has 25 heavy (non-hydrogen) atoms. The van der Waals surface area contributed by atoms with Gasteiger partial charge < -0.3 is 14.7 Å². The Balaban J connectivity index is 1.76. The molecule has 0 aromatic heterocycles. The van der Waals surface area contributed by atoms with Crippen LogP contribution in [0, 0.1) is 5.92 Å². The van der Waals surface area contributed by atoms with Crippen LogP contribution in [0.15, 0.2) is 24.3 Å². The zero-order valence-electron chi connectivity index (χ0n) is 15.8. The van der Waals surface area contributed by atoms with Gasteiger partial charge in [-0.05, 0) is 24.1 Å². The van der Waals surface area contributed by atoms with E-state index in [4.69, 9.17) is 0 Å². The van der Waals surface area contributed by atoms with E-state index in [1.807, 2.05) is 28.0 Å². The Kier molecular flexibility index (Phi) is 4.87. The Hall–Kier alpha value is -1.88. The van der Waals surface area contributed by atoms with Gasteiger partial charge in [0, 0.05) is 44.8 Å². The number of anilines is 1. The van der Waals surface area contributed by atoms with Gasteiger partial charge in [0.25, 0.3) is 0 Å². The lowest BCUT2D eigenvalue weighted by molar-refractivity contribution is -0.137. The lowest BCUT2D eigenvalue weighted by Crippen LogP contribution is -2.49. The van der Waals surface area contributed by atoms with Crippen LogP contribution in [0.2, 0.25) is 0 Å². The van der Waals surface area contributed by atoms with Gasteiger partial charge in [0.05, 0.1) is 5.92 Å². The molecule has 0 radical (unpaired) electrons. The molecular weight excluding hydrogens is 314 g/mol. The molecule has 0 spiro atoms. The smallest absolute Gasteiger partial charge is 0.228 e. The van der Waals surface area contributed by atoms with E-state index in [0.717, 1.165) is 37.4 Å². The predicted molar refractivity (Wildman–Crippen MR) is 99.7 cm³/mol. The maximum absolute atomic E-state index is 12.8. The molecular formula is C20H29N3O2. The second-order valence-corrected chi connectivity index (χ2v) is 8.30. The van der Waals surface area contributed by atoms with E-state index in [-0.39, 0.29) is 23.1 Å². The number of piperazine rings is 1. The van der Waals surface area contributed by atoms with Gasteiger partial charge in [-0.25, -0.2) is 0 Å². The van der Waals surface area contributed by atoms with Crippen molar-refractivity contribution in [3.63, 3.8) is 0 Å². The van der Waals surface area contributed by atoms with Crippen LogP contribution in [-0.4, -0.2) is 61.4 Å². The number of amides is 2. The summed E-state index contributed by atoms with van der Waals surface area (Å²) < 4.78 is 0. The van der Waals surface area contributed by atoms with E-state index in [1.54, 1.807) is 0 Å². The summed E-state index contributed by atoms with van der Waals surface area (Å²) in [5.74, 6) is -0.0229. The minimum absolute atomic E-state index is 0.0452. The normalized spacial score (nSPS) is 22.6. The zero-order chi connectivity index (χ0) is 18.2. The first-order valence-corrected chi connectivity index (χ1v) is 9.14. The number of nitrogens with zero attached hydrogens (tertiary/aromatic N) is 3. The third kappa shape index (κ3) is 3.71. The molecule has 1 unspecified atom stereocenters. The largest absolute Gasteiger partial charge is 0.340 e. The highest BCUT2D eigenvalue weighted by atomic mass is 16.2. The van der Waals surface area contributed by atoms with Crippen LogP contribution in [-0.2, 0) is 15.0 Å². The van der Waals surface area contributed by atoms with Gasteiger partial charge in [0.2, 0.25) is 11.8 Å². The van der Waals surface area contributed by atoms with Crippen molar-refractivity contribution in [1.82, 2.24) is 9.80 Å². The second kappa shape index (κ2) is 6.79. The fraction of sp³-hybridized carbons (Fsp3) is 0.600. The van der Waals surface area contributed by atoms with Gasteiger partial charge in [-0.1, -0.05) is 39.0 Å². The molecule has 1 aromatic rings. The van der Waals surface area contributed by atoms with Crippen molar-refractivity contribution < 1.29 is 9.59 Å². The van der Waals surface area contributed by atoms with Gasteiger partial charge in [0.1, 0.15) is 0 Å². The Morgan fingerprint density at radius 3 is 2.36 bits per heavy atom. The van der Waals surface area contributed by atoms with Crippen LogP contribution in [0.5, 0.6) is 0 Å². The van der Waals surface area contributed by atoms with E-state index in [2.05, 4.69) is 38.8 Å². The fourth-order valence-electron chi connectivity index (χ4n) is 3.73. The Bertz CT molecular complexity index is 657. The molecule has 1 aromatic carbocycles. The Morgan fingerprint density at radius 2 is 1.72 bits per heavy atom. The van der Waals surface area contributed by atoms with E-state index in [1.165, 1.54) is 0 Å². The van der Waals surface area contributed by atoms with Gasteiger partial charge in [-0.3, -0.25) is 9.59 Å². The molecule has 0 N–H and O–H groups in total. The summed E-state index contributed by atoms with van der Waals surface area (Å²) in [6.07, 6.45) is 0.323. The lowest BCUT2D eigenvalue weighted by atomic mass is 9.85. The molecule has 2 fully saturated rings. The first kappa shape index (κ1) is 17.9. The molecule has 5 nitrogen and oxygen atoms in total. The lowest BCUT2D eigenvalue weighted by Gasteiger charge is -2.34. The summed E-state index contributed by atoms with van der Waals surface area (Å²) >= 11 is 0. The highest BCUT2D eigenvalue weighted by Crippen LogP contribution is 2.35. The molecule has 0 aliphatic carbocycles. The minimum atomic E-state index is -0.219. The predicted octanol–water partition coefficient (Wildman–Crippen LogP) is 2.11. The molecule has 2 saturated heterocycles. The molecule has 2 aliphatic rings. The first-order chi connectivity index (χ1) is 11.8. The number of benzene rings is 1. The number of hydrogen-bond acceptors (Lipinski definition) is 3. The van der Waals surface area contributed by atoms with Crippen LogP contribution < -0.4 is 4.90 Å². The molecule has 2 aliphatic heterocycles. The third-order valence-corrected chi connectivity index (χ3v) is 5.29. The number of carbonyl (C=O) groups excluding carboxylic acids is 2. The van der Waals surface area contributed by atoms with Crippen molar-refractivity contribution in [1.29, 1.82) is 0 Å². The fourth-order valence-corrected chi connectivity index (χ4v) is 3.73. The van der Waals surface area contributed by atoms with Crippen molar-refractivity contribution in [3.05, 3.63) is 29.8 Å². The van der Waals surface area contributed by atoms with E-state index >= 15 is 0 Å². The zero-order valence-corrected chi connectivity index (χ0v) is 15.8. The van der Waals surface area contributed by atoms with Gasteiger partial charge in [0.15, 0.2) is 0 Å². The standard InChI is InChI=1S/C20H29N3O2/c1-20(2,3)16-7-5-6-8-17(16)23-14-15(13-18(23)24)19(25)22-11-9-21(4)10-12-22/h5-8,15H,9-14H2,1-4H3. The average Bonchev–Trinajstić information content (AvgIpc) is 2.96. The van der Waals surface area contributed by atoms with E-state index in [9.17, 15) is 9.59 Å². The number of rotatable bonds is 2. The summed E-state index contributed by atoms with van der Waals surface area (Å²) in [4.78, 5) is 31.5. The maximum Gasteiger partial charge on any atom is 0.228 e. The van der Waals surface area contributed by atoms with Gasteiger partial charge in [-0.15, -0.1) is 0 Å². The van der Waals surface area contributed by atoms with Crippen molar-refractivity contribution in [2.24, 2.45) is 5.92 Å². The molecule has 2 heterocycles. The van der Waals surface area contributed by atoms with Crippen LogP contribution in [0.1, 0.15) is 32.8 Å².